The normalized spacial score (nSPS) is 13.6. The van der Waals surface area contributed by atoms with Crippen molar-refractivity contribution in [1.29, 1.82) is 0 Å². The van der Waals surface area contributed by atoms with Crippen molar-refractivity contribution in [3.05, 3.63) is 65.2 Å². The monoisotopic (exact) mass is 564 g/mol. The van der Waals surface area contributed by atoms with Crippen molar-refractivity contribution in [2.24, 2.45) is 4.99 Å². The van der Waals surface area contributed by atoms with Gasteiger partial charge in [0, 0.05) is 51.5 Å². The second-order valence-corrected chi connectivity index (χ2v) is 7.88. The Morgan fingerprint density at radius 1 is 1.06 bits per heavy atom. The maximum Gasteiger partial charge on any atom is 0.253 e. The van der Waals surface area contributed by atoms with Gasteiger partial charge in [0.15, 0.2) is 5.96 Å². The Morgan fingerprint density at radius 2 is 1.73 bits per heavy atom. The van der Waals surface area contributed by atoms with Gasteiger partial charge in [0.2, 0.25) is 5.91 Å². The van der Waals surface area contributed by atoms with E-state index in [2.05, 4.69) is 38.0 Å². The minimum atomic E-state index is -0.00557. The van der Waals surface area contributed by atoms with Gasteiger partial charge in [0.05, 0.1) is 13.1 Å². The topological polar surface area (TPSA) is 89.1 Å². The zero-order chi connectivity index (χ0) is 22.9. The summed E-state index contributed by atoms with van der Waals surface area (Å²) < 4.78 is 0. The second-order valence-electron chi connectivity index (χ2n) is 7.88. The van der Waals surface area contributed by atoms with Crippen molar-refractivity contribution in [2.75, 3.05) is 45.2 Å². The number of benzene rings is 2. The maximum atomic E-state index is 12.0. The fraction of sp³-hybridized carbons (Fsp3) is 0.375. The van der Waals surface area contributed by atoms with Gasteiger partial charge in [-0.25, -0.2) is 4.99 Å². The fourth-order valence-electron chi connectivity index (χ4n) is 3.39. The van der Waals surface area contributed by atoms with Gasteiger partial charge in [-0.05, 0) is 42.3 Å². The third-order valence-corrected chi connectivity index (χ3v) is 5.17. The van der Waals surface area contributed by atoms with Crippen molar-refractivity contribution in [2.45, 2.75) is 20.0 Å². The number of carbonyl (C=O) groups excluding carboxylic acids is 2. The van der Waals surface area contributed by atoms with Crippen molar-refractivity contribution in [3.63, 3.8) is 0 Å². The quantitative estimate of drug-likeness (QED) is 0.273. The Hall–Kier alpha value is -2.82. The molecule has 0 unspecified atom stereocenters. The molecule has 0 saturated carbocycles. The number of hydrogen-bond donors (Lipinski definition) is 3. The Bertz CT molecular complexity index is 944. The van der Waals surface area contributed by atoms with Gasteiger partial charge in [0.1, 0.15) is 0 Å². The second kappa shape index (κ2) is 13.0. The van der Waals surface area contributed by atoms with Crippen molar-refractivity contribution in [1.82, 2.24) is 20.9 Å². The summed E-state index contributed by atoms with van der Waals surface area (Å²) in [7, 11) is 3.49. The predicted octanol–water partition coefficient (Wildman–Crippen LogP) is 2.20. The molecule has 1 heterocycles. The highest BCUT2D eigenvalue weighted by atomic mass is 127. The molecule has 1 fully saturated rings. The first kappa shape index (κ1) is 26.4. The Kier molecular flexibility index (Phi) is 10.4. The van der Waals surface area contributed by atoms with Gasteiger partial charge < -0.3 is 25.8 Å². The van der Waals surface area contributed by atoms with Gasteiger partial charge in [0.25, 0.3) is 5.91 Å². The molecule has 8 nitrogen and oxygen atoms in total. The molecule has 1 aliphatic heterocycles. The highest BCUT2D eigenvalue weighted by Crippen LogP contribution is 2.16. The first-order chi connectivity index (χ1) is 15.5. The zero-order valence-corrected chi connectivity index (χ0v) is 21.8. The van der Waals surface area contributed by atoms with Crippen LogP contribution < -0.4 is 20.9 Å². The molecule has 0 bridgehead atoms. The number of carbonyl (C=O) groups is 2. The zero-order valence-electron chi connectivity index (χ0n) is 19.4. The van der Waals surface area contributed by atoms with Crippen molar-refractivity contribution >= 4 is 47.4 Å². The van der Waals surface area contributed by atoms with Crippen LogP contribution in [0, 0.1) is 0 Å². The molecule has 2 amide bonds. The highest BCUT2D eigenvalue weighted by Gasteiger charge is 2.16. The lowest BCUT2D eigenvalue weighted by Gasteiger charge is -2.28. The SMILES string of the molecule is CCNC(=NCc1ccc(N2CCNC(=O)C2)cc1)NCc1ccc(C(=O)N(C)C)cc1.I. The number of guanidine groups is 1. The number of nitrogens with zero attached hydrogens (tertiary/aromatic N) is 3. The molecule has 0 radical (unpaired) electrons. The number of aliphatic imine (C=N–C) groups is 1. The van der Waals surface area contributed by atoms with Crippen LogP contribution >= 0.6 is 24.0 Å². The molecule has 33 heavy (non-hydrogen) atoms. The fourth-order valence-corrected chi connectivity index (χ4v) is 3.39. The summed E-state index contributed by atoms with van der Waals surface area (Å²) in [6.07, 6.45) is 0. The number of amides is 2. The molecule has 0 atom stereocenters. The molecule has 3 rings (SSSR count). The Morgan fingerprint density at radius 3 is 2.33 bits per heavy atom. The summed E-state index contributed by atoms with van der Waals surface area (Å²) in [4.78, 5) is 31.9. The summed E-state index contributed by atoms with van der Waals surface area (Å²) >= 11 is 0. The van der Waals surface area contributed by atoms with E-state index in [1.807, 2.05) is 43.3 Å². The van der Waals surface area contributed by atoms with Crippen LogP contribution in [-0.4, -0.2) is 62.9 Å². The van der Waals surface area contributed by atoms with Crippen LogP contribution in [0.5, 0.6) is 0 Å². The first-order valence-corrected chi connectivity index (χ1v) is 10.9. The van der Waals surface area contributed by atoms with E-state index in [-0.39, 0.29) is 35.8 Å². The van der Waals surface area contributed by atoms with Crippen LogP contribution in [0.15, 0.2) is 53.5 Å². The lowest BCUT2D eigenvalue weighted by molar-refractivity contribution is -0.120. The number of nitrogens with one attached hydrogen (secondary N) is 3. The van der Waals surface area contributed by atoms with E-state index >= 15 is 0 Å². The minimum absolute atomic E-state index is 0. The number of anilines is 1. The van der Waals surface area contributed by atoms with Crippen LogP contribution in [0.1, 0.15) is 28.4 Å². The lowest BCUT2D eigenvalue weighted by Crippen LogP contribution is -2.47. The molecule has 178 valence electrons. The number of piperazine rings is 1. The molecule has 9 heteroatoms. The Labute approximate surface area is 212 Å². The van der Waals surface area contributed by atoms with E-state index in [0.717, 1.165) is 35.9 Å². The third-order valence-electron chi connectivity index (χ3n) is 5.17. The van der Waals surface area contributed by atoms with Crippen LogP contribution in [0.2, 0.25) is 0 Å². The van der Waals surface area contributed by atoms with Gasteiger partial charge in [-0.2, -0.15) is 0 Å². The van der Waals surface area contributed by atoms with E-state index in [0.29, 0.717) is 31.7 Å². The minimum Gasteiger partial charge on any atom is -0.360 e. The molecular formula is C24H33IN6O2. The van der Waals surface area contributed by atoms with Gasteiger partial charge in [-0.3, -0.25) is 9.59 Å². The summed E-state index contributed by atoms with van der Waals surface area (Å²) in [5.74, 6) is 0.789. The van der Waals surface area contributed by atoms with Crippen LogP contribution in [0.4, 0.5) is 5.69 Å². The summed E-state index contributed by atoms with van der Waals surface area (Å²) in [5, 5.41) is 9.44. The number of hydrogen-bond acceptors (Lipinski definition) is 4. The smallest absolute Gasteiger partial charge is 0.253 e. The van der Waals surface area contributed by atoms with Crippen LogP contribution in [0.25, 0.3) is 0 Å². The third kappa shape index (κ3) is 7.92. The largest absolute Gasteiger partial charge is 0.360 e. The molecule has 2 aromatic rings. The van der Waals surface area contributed by atoms with Gasteiger partial charge in [-0.15, -0.1) is 24.0 Å². The van der Waals surface area contributed by atoms with Crippen molar-refractivity contribution in [3.8, 4) is 0 Å². The summed E-state index contributed by atoms with van der Waals surface area (Å²) in [6.45, 7) is 5.85. The molecule has 0 spiro atoms. The number of rotatable bonds is 7. The van der Waals surface area contributed by atoms with Crippen LogP contribution in [-0.2, 0) is 17.9 Å². The van der Waals surface area contributed by atoms with Gasteiger partial charge in [-0.1, -0.05) is 24.3 Å². The summed E-state index contributed by atoms with van der Waals surface area (Å²) in [5.41, 5.74) is 3.89. The molecule has 2 aromatic carbocycles. The number of halogens is 1. The molecule has 0 aromatic heterocycles. The predicted molar refractivity (Wildman–Crippen MR) is 143 cm³/mol. The maximum absolute atomic E-state index is 12.0. The van der Waals surface area contributed by atoms with E-state index in [9.17, 15) is 9.59 Å². The molecule has 1 saturated heterocycles. The van der Waals surface area contributed by atoms with Crippen molar-refractivity contribution < 1.29 is 9.59 Å². The average Bonchev–Trinajstić information content (AvgIpc) is 2.81. The molecule has 1 aliphatic rings. The molecule has 0 aliphatic carbocycles. The average molecular weight is 564 g/mol. The van der Waals surface area contributed by atoms with E-state index < -0.39 is 0 Å². The highest BCUT2D eigenvalue weighted by molar-refractivity contribution is 14.0. The van der Waals surface area contributed by atoms with E-state index in [1.165, 1.54) is 0 Å². The Balaban J connectivity index is 0.00000385. The summed E-state index contributed by atoms with van der Waals surface area (Å²) in [6, 6.07) is 15.8. The first-order valence-electron chi connectivity index (χ1n) is 10.9. The molecular weight excluding hydrogens is 531 g/mol. The van der Waals surface area contributed by atoms with Gasteiger partial charge >= 0.3 is 0 Å². The molecule has 3 N–H and O–H groups in total. The standard InChI is InChI=1S/C24H32N6O2.HI/c1-4-25-24(27-15-18-5-9-20(10-6-18)23(32)29(2)3)28-16-19-7-11-21(12-8-19)30-14-13-26-22(31)17-30;/h5-12H,4,13-17H2,1-3H3,(H,26,31)(H2,25,27,28);1H. The van der Waals surface area contributed by atoms with E-state index in [1.54, 1.807) is 19.0 Å². The van der Waals surface area contributed by atoms with Crippen LogP contribution in [0.3, 0.4) is 0 Å². The van der Waals surface area contributed by atoms with E-state index in [4.69, 9.17) is 0 Å². The lowest BCUT2D eigenvalue weighted by atomic mass is 10.1.